The minimum absolute atomic E-state index is 0.00845. The Kier molecular flexibility index (Phi) is 6.72. The Balaban J connectivity index is 1.93. The van der Waals surface area contributed by atoms with Crippen LogP contribution in [-0.4, -0.2) is 18.8 Å². The van der Waals surface area contributed by atoms with Gasteiger partial charge in [-0.25, -0.2) is 0 Å². The highest BCUT2D eigenvalue weighted by Gasteiger charge is 2.10. The van der Waals surface area contributed by atoms with E-state index in [0.717, 1.165) is 29.7 Å². The molecule has 1 unspecified atom stereocenters. The summed E-state index contributed by atoms with van der Waals surface area (Å²) in [6.45, 7) is 0.665. The number of aliphatic hydroxyl groups excluding tert-OH is 1. The summed E-state index contributed by atoms with van der Waals surface area (Å²) in [5, 5.41) is 9.63. The van der Waals surface area contributed by atoms with Gasteiger partial charge in [0.05, 0.1) is 6.10 Å². The Labute approximate surface area is 136 Å². The lowest BCUT2D eigenvalue weighted by atomic mass is 10.0. The predicted octanol–water partition coefficient (Wildman–Crippen LogP) is 4.38. The van der Waals surface area contributed by atoms with Crippen LogP contribution >= 0.6 is 11.6 Å². The fourth-order valence-electron chi connectivity index (χ4n) is 2.27. The Morgan fingerprint density at radius 1 is 1.14 bits per heavy atom. The first kappa shape index (κ1) is 16.8. The number of halogens is 1. The first-order chi connectivity index (χ1) is 10.7. The summed E-state index contributed by atoms with van der Waals surface area (Å²) < 4.78 is 11.2. The summed E-state index contributed by atoms with van der Waals surface area (Å²) in [4.78, 5) is 0. The maximum absolute atomic E-state index is 8.91. The van der Waals surface area contributed by atoms with E-state index in [9.17, 15) is 0 Å². The number of rotatable bonds is 8. The zero-order valence-electron chi connectivity index (χ0n) is 12.7. The molecule has 0 fully saturated rings. The summed E-state index contributed by atoms with van der Waals surface area (Å²) in [6, 6.07) is 15.5. The third kappa shape index (κ3) is 5.02. The van der Waals surface area contributed by atoms with E-state index in [2.05, 4.69) is 0 Å². The molecule has 118 valence electrons. The minimum atomic E-state index is 0.00845. The molecule has 0 aliphatic rings. The van der Waals surface area contributed by atoms with E-state index in [0.29, 0.717) is 11.6 Å². The second-order valence-electron chi connectivity index (χ2n) is 5.08. The maximum Gasteiger partial charge on any atom is 0.119 e. The fraction of sp³-hybridized carbons (Fsp3) is 0.333. The second-order valence-corrected chi connectivity index (χ2v) is 5.51. The Morgan fingerprint density at radius 3 is 2.55 bits per heavy atom. The monoisotopic (exact) mass is 320 g/mol. The van der Waals surface area contributed by atoms with Gasteiger partial charge in [-0.05, 0) is 48.2 Å². The molecule has 0 bridgehead atoms. The van der Waals surface area contributed by atoms with E-state index in [-0.39, 0.29) is 12.7 Å². The molecule has 0 aromatic heterocycles. The highest BCUT2D eigenvalue weighted by Crippen LogP contribution is 2.24. The predicted molar refractivity (Wildman–Crippen MR) is 88.3 cm³/mol. The summed E-state index contributed by atoms with van der Waals surface area (Å²) in [5.41, 5.74) is 2.13. The van der Waals surface area contributed by atoms with Crippen molar-refractivity contribution < 1.29 is 14.6 Å². The van der Waals surface area contributed by atoms with Gasteiger partial charge in [-0.15, -0.1) is 0 Å². The van der Waals surface area contributed by atoms with Crippen LogP contribution in [0.25, 0.3) is 0 Å². The van der Waals surface area contributed by atoms with E-state index in [1.54, 1.807) is 7.11 Å². The van der Waals surface area contributed by atoms with Gasteiger partial charge in [0.2, 0.25) is 0 Å². The van der Waals surface area contributed by atoms with Crippen LogP contribution in [0.2, 0.25) is 5.02 Å². The molecule has 4 heteroatoms. The molecular weight excluding hydrogens is 300 g/mol. The standard InChI is InChI=1S/C18H21ClO3/c1-21-18(6-3-11-20)15-7-9-17(10-8-15)22-13-14-4-2-5-16(19)12-14/h2,4-5,7-10,12,18,20H,3,6,11,13H2,1H3. The van der Waals surface area contributed by atoms with Gasteiger partial charge in [-0.1, -0.05) is 35.9 Å². The summed E-state index contributed by atoms with van der Waals surface area (Å²) in [6.07, 6.45) is 1.54. The van der Waals surface area contributed by atoms with E-state index < -0.39 is 0 Å². The lowest BCUT2D eigenvalue weighted by Gasteiger charge is -2.15. The molecule has 0 amide bonds. The van der Waals surface area contributed by atoms with Gasteiger partial charge in [0.15, 0.2) is 0 Å². The smallest absolute Gasteiger partial charge is 0.119 e. The van der Waals surface area contributed by atoms with Gasteiger partial charge < -0.3 is 14.6 Å². The normalized spacial score (nSPS) is 12.1. The van der Waals surface area contributed by atoms with Crippen LogP contribution in [0.1, 0.15) is 30.1 Å². The quantitative estimate of drug-likeness (QED) is 0.784. The van der Waals surface area contributed by atoms with Gasteiger partial charge in [0, 0.05) is 18.7 Å². The lowest BCUT2D eigenvalue weighted by molar-refractivity contribution is 0.0880. The highest BCUT2D eigenvalue weighted by molar-refractivity contribution is 6.30. The van der Waals surface area contributed by atoms with Crippen molar-refractivity contribution in [2.24, 2.45) is 0 Å². The molecule has 0 aliphatic carbocycles. The molecule has 2 rings (SSSR count). The van der Waals surface area contributed by atoms with Crippen molar-refractivity contribution in [2.75, 3.05) is 13.7 Å². The van der Waals surface area contributed by atoms with Crippen LogP contribution < -0.4 is 4.74 Å². The molecule has 0 aliphatic heterocycles. The number of benzene rings is 2. The van der Waals surface area contributed by atoms with Crippen LogP contribution in [0.3, 0.4) is 0 Å². The van der Waals surface area contributed by atoms with Crippen molar-refractivity contribution in [1.29, 1.82) is 0 Å². The molecule has 0 saturated heterocycles. The summed E-state index contributed by atoms with van der Waals surface area (Å²) in [5.74, 6) is 0.806. The summed E-state index contributed by atoms with van der Waals surface area (Å²) >= 11 is 5.95. The molecule has 0 radical (unpaired) electrons. The molecule has 0 saturated carbocycles. The van der Waals surface area contributed by atoms with E-state index in [1.807, 2.05) is 48.5 Å². The average Bonchev–Trinajstić information content (AvgIpc) is 2.55. The van der Waals surface area contributed by atoms with Gasteiger partial charge in [-0.3, -0.25) is 0 Å². The van der Waals surface area contributed by atoms with Gasteiger partial charge in [0.1, 0.15) is 12.4 Å². The van der Waals surface area contributed by atoms with E-state index >= 15 is 0 Å². The zero-order chi connectivity index (χ0) is 15.8. The zero-order valence-corrected chi connectivity index (χ0v) is 13.4. The first-order valence-electron chi connectivity index (χ1n) is 7.34. The molecule has 0 heterocycles. The second kappa shape index (κ2) is 8.79. The number of aliphatic hydroxyl groups is 1. The van der Waals surface area contributed by atoms with Crippen molar-refractivity contribution >= 4 is 11.6 Å². The molecule has 22 heavy (non-hydrogen) atoms. The first-order valence-corrected chi connectivity index (χ1v) is 7.71. The van der Waals surface area contributed by atoms with Crippen LogP contribution in [0.5, 0.6) is 5.75 Å². The molecular formula is C18H21ClO3. The third-order valence-corrected chi connectivity index (χ3v) is 3.69. The topological polar surface area (TPSA) is 38.7 Å². The van der Waals surface area contributed by atoms with Gasteiger partial charge in [-0.2, -0.15) is 0 Å². The van der Waals surface area contributed by atoms with E-state index in [1.165, 1.54) is 0 Å². The molecule has 3 nitrogen and oxygen atoms in total. The molecule has 0 spiro atoms. The van der Waals surface area contributed by atoms with Gasteiger partial charge in [0.25, 0.3) is 0 Å². The summed E-state index contributed by atoms with van der Waals surface area (Å²) in [7, 11) is 1.69. The van der Waals surface area contributed by atoms with Gasteiger partial charge >= 0.3 is 0 Å². The van der Waals surface area contributed by atoms with Crippen molar-refractivity contribution in [3.05, 3.63) is 64.7 Å². The van der Waals surface area contributed by atoms with E-state index in [4.69, 9.17) is 26.2 Å². The highest BCUT2D eigenvalue weighted by atomic mass is 35.5. The molecule has 1 N–H and O–H groups in total. The Bertz CT molecular complexity index is 569. The number of ether oxygens (including phenoxy) is 2. The van der Waals surface area contributed by atoms with Crippen molar-refractivity contribution in [1.82, 2.24) is 0 Å². The van der Waals surface area contributed by atoms with Crippen LogP contribution in [0, 0.1) is 0 Å². The number of methoxy groups -OCH3 is 1. The van der Waals surface area contributed by atoms with Crippen molar-refractivity contribution in [2.45, 2.75) is 25.6 Å². The van der Waals surface area contributed by atoms with Crippen LogP contribution in [-0.2, 0) is 11.3 Å². The lowest BCUT2D eigenvalue weighted by Crippen LogP contribution is -2.03. The molecule has 2 aromatic rings. The Morgan fingerprint density at radius 2 is 1.91 bits per heavy atom. The third-order valence-electron chi connectivity index (χ3n) is 3.46. The maximum atomic E-state index is 8.91. The van der Waals surface area contributed by atoms with Crippen molar-refractivity contribution in [3.63, 3.8) is 0 Å². The molecule has 1 atom stereocenters. The number of hydrogen-bond acceptors (Lipinski definition) is 3. The van der Waals surface area contributed by atoms with Crippen LogP contribution in [0.15, 0.2) is 48.5 Å². The average molecular weight is 321 g/mol. The largest absolute Gasteiger partial charge is 0.489 e. The number of hydrogen-bond donors (Lipinski definition) is 1. The van der Waals surface area contributed by atoms with Crippen LogP contribution in [0.4, 0.5) is 0 Å². The molecule has 2 aromatic carbocycles. The SMILES string of the molecule is COC(CCCO)c1ccc(OCc2cccc(Cl)c2)cc1. The fourth-order valence-corrected chi connectivity index (χ4v) is 2.48. The Hall–Kier alpha value is -1.55. The van der Waals surface area contributed by atoms with Crippen molar-refractivity contribution in [3.8, 4) is 5.75 Å². The minimum Gasteiger partial charge on any atom is -0.489 e.